The van der Waals surface area contributed by atoms with E-state index in [9.17, 15) is 17.8 Å². The van der Waals surface area contributed by atoms with Crippen LogP contribution in [0.25, 0.3) is 0 Å². The molecule has 6 heteroatoms. The van der Waals surface area contributed by atoms with E-state index in [4.69, 9.17) is 11.6 Å². The second-order valence-corrected chi connectivity index (χ2v) is 6.59. The Hall–Kier alpha value is -1.59. The lowest BCUT2D eigenvalue weighted by Gasteiger charge is -2.11. The summed E-state index contributed by atoms with van der Waals surface area (Å²) >= 11 is 5.74. The van der Waals surface area contributed by atoms with Gasteiger partial charge in [0.05, 0.1) is 21.6 Å². The molecule has 0 radical (unpaired) electrons. The Morgan fingerprint density at radius 3 is 2.33 bits per heavy atom. The van der Waals surface area contributed by atoms with Crippen LogP contribution in [0.3, 0.4) is 0 Å². The molecule has 0 aliphatic rings. The molecule has 110 valence electrons. The fourth-order valence-electron chi connectivity index (χ4n) is 1.78. The van der Waals surface area contributed by atoms with Crippen LogP contribution >= 0.6 is 11.6 Å². The van der Waals surface area contributed by atoms with Crippen molar-refractivity contribution in [1.82, 2.24) is 0 Å². The zero-order chi connectivity index (χ0) is 15.6. The van der Waals surface area contributed by atoms with Crippen LogP contribution in [-0.2, 0) is 10.8 Å². The Bertz CT molecular complexity index is 701. The van der Waals surface area contributed by atoms with Gasteiger partial charge in [0, 0.05) is 16.0 Å². The van der Waals surface area contributed by atoms with Gasteiger partial charge in [-0.2, -0.15) is 0 Å². The molecular weight excluding hydrogens is 318 g/mol. The molecule has 21 heavy (non-hydrogen) atoms. The Labute approximate surface area is 128 Å². The number of benzene rings is 2. The van der Waals surface area contributed by atoms with Crippen LogP contribution in [-0.4, -0.2) is 15.2 Å². The molecule has 0 spiro atoms. The zero-order valence-electron chi connectivity index (χ0n) is 11.0. The Kier molecular flexibility index (Phi) is 4.85. The first-order valence-electron chi connectivity index (χ1n) is 6.05. The van der Waals surface area contributed by atoms with Gasteiger partial charge in [0.25, 0.3) is 0 Å². The van der Waals surface area contributed by atoms with Crippen molar-refractivity contribution in [3.63, 3.8) is 0 Å². The number of carbonyl (C=O) groups is 1. The second kappa shape index (κ2) is 6.45. The first-order valence-corrected chi connectivity index (χ1v) is 7.64. The minimum atomic E-state index is -1.65. The summed E-state index contributed by atoms with van der Waals surface area (Å²) in [6, 6.07) is 8.89. The summed E-state index contributed by atoms with van der Waals surface area (Å²) in [5.41, 5.74) is -0.272. The number of rotatable bonds is 4. The number of hydrogen-bond donors (Lipinski definition) is 0. The van der Waals surface area contributed by atoms with E-state index in [1.54, 1.807) is 24.3 Å². The summed E-state index contributed by atoms with van der Waals surface area (Å²) in [5.74, 6) is -2.36. The molecule has 2 nitrogen and oxygen atoms in total. The lowest BCUT2D eigenvalue weighted by Crippen LogP contribution is -2.23. The monoisotopic (exact) mass is 328 g/mol. The molecule has 0 bridgehead atoms. The summed E-state index contributed by atoms with van der Waals surface area (Å²) in [6.07, 6.45) is 0. The van der Waals surface area contributed by atoms with Gasteiger partial charge in [-0.3, -0.25) is 9.00 Å². The van der Waals surface area contributed by atoms with Crippen LogP contribution in [0.1, 0.15) is 17.3 Å². The second-order valence-electron chi connectivity index (χ2n) is 4.38. The third-order valence-corrected chi connectivity index (χ3v) is 4.78. The lowest BCUT2D eigenvalue weighted by atomic mass is 10.1. The highest BCUT2D eigenvalue weighted by Crippen LogP contribution is 2.19. The third kappa shape index (κ3) is 3.54. The van der Waals surface area contributed by atoms with E-state index in [1.807, 2.05) is 0 Å². The highest BCUT2D eigenvalue weighted by atomic mass is 35.5. The summed E-state index contributed by atoms with van der Waals surface area (Å²) in [5, 5.41) is -0.467. The van der Waals surface area contributed by atoms with E-state index in [-0.39, 0.29) is 5.56 Å². The van der Waals surface area contributed by atoms with Crippen molar-refractivity contribution < 1.29 is 17.8 Å². The van der Waals surface area contributed by atoms with E-state index in [0.29, 0.717) is 16.0 Å². The Balaban J connectivity index is 2.26. The number of ketones is 1. The largest absolute Gasteiger partial charge is 0.293 e. The van der Waals surface area contributed by atoms with Gasteiger partial charge in [-0.15, -0.1) is 0 Å². The molecule has 0 N–H and O–H groups in total. The molecule has 0 saturated heterocycles. The van der Waals surface area contributed by atoms with Gasteiger partial charge in [-0.1, -0.05) is 11.6 Å². The smallest absolute Gasteiger partial charge is 0.181 e. The van der Waals surface area contributed by atoms with Gasteiger partial charge in [0.15, 0.2) is 5.78 Å². The lowest BCUT2D eigenvalue weighted by molar-refractivity contribution is 0.0988. The SMILES string of the molecule is CC(C(=O)c1ccc(F)cc1F)S(=O)c1ccc(Cl)cc1. The van der Waals surface area contributed by atoms with Crippen molar-refractivity contribution in [2.45, 2.75) is 17.1 Å². The zero-order valence-corrected chi connectivity index (χ0v) is 12.5. The molecule has 0 fully saturated rings. The molecule has 0 aliphatic heterocycles. The predicted octanol–water partition coefficient (Wildman–Crippen LogP) is 4.00. The summed E-state index contributed by atoms with van der Waals surface area (Å²) in [7, 11) is -1.65. The van der Waals surface area contributed by atoms with Crippen molar-refractivity contribution >= 4 is 28.2 Å². The fourth-order valence-corrected chi connectivity index (χ4v) is 3.04. The number of hydrogen-bond acceptors (Lipinski definition) is 2. The topological polar surface area (TPSA) is 34.1 Å². The van der Waals surface area contributed by atoms with Gasteiger partial charge in [0.2, 0.25) is 0 Å². The van der Waals surface area contributed by atoms with Gasteiger partial charge in [-0.05, 0) is 43.3 Å². The quantitative estimate of drug-likeness (QED) is 0.795. The van der Waals surface area contributed by atoms with Crippen LogP contribution in [0.15, 0.2) is 47.4 Å². The maximum absolute atomic E-state index is 13.6. The molecule has 0 amide bonds. The van der Waals surface area contributed by atoms with E-state index >= 15 is 0 Å². The molecule has 0 heterocycles. The molecule has 2 aromatic rings. The van der Waals surface area contributed by atoms with E-state index < -0.39 is 33.5 Å². The highest BCUT2D eigenvalue weighted by Gasteiger charge is 2.25. The number of Topliss-reactive ketones (excluding diaryl/α,β-unsaturated/α-hetero) is 1. The van der Waals surface area contributed by atoms with Crippen molar-refractivity contribution in [2.75, 3.05) is 0 Å². The summed E-state index contributed by atoms with van der Waals surface area (Å²) in [4.78, 5) is 12.6. The number of carbonyl (C=O) groups excluding carboxylic acids is 1. The molecule has 0 aliphatic carbocycles. The predicted molar refractivity (Wildman–Crippen MR) is 78.0 cm³/mol. The summed E-state index contributed by atoms with van der Waals surface area (Å²) < 4.78 is 38.8. The first kappa shape index (κ1) is 15.8. The van der Waals surface area contributed by atoms with E-state index in [2.05, 4.69) is 0 Å². The first-order chi connectivity index (χ1) is 9.90. The van der Waals surface area contributed by atoms with Gasteiger partial charge < -0.3 is 0 Å². The Morgan fingerprint density at radius 2 is 1.76 bits per heavy atom. The third-order valence-electron chi connectivity index (χ3n) is 2.93. The maximum atomic E-state index is 13.6. The van der Waals surface area contributed by atoms with Crippen LogP contribution in [0.4, 0.5) is 8.78 Å². The van der Waals surface area contributed by atoms with Gasteiger partial charge >= 0.3 is 0 Å². The molecule has 2 aromatic carbocycles. The van der Waals surface area contributed by atoms with Gasteiger partial charge in [0.1, 0.15) is 11.6 Å². The van der Waals surface area contributed by atoms with Crippen molar-refractivity contribution in [1.29, 1.82) is 0 Å². The van der Waals surface area contributed by atoms with Crippen LogP contribution in [0, 0.1) is 11.6 Å². The normalized spacial score (nSPS) is 13.7. The molecule has 2 unspecified atom stereocenters. The minimum Gasteiger partial charge on any atom is -0.293 e. The van der Waals surface area contributed by atoms with Crippen LogP contribution in [0.2, 0.25) is 5.02 Å². The Morgan fingerprint density at radius 1 is 1.14 bits per heavy atom. The number of halogens is 3. The van der Waals surface area contributed by atoms with Crippen LogP contribution < -0.4 is 0 Å². The molecule has 2 atom stereocenters. The molecule has 0 saturated carbocycles. The van der Waals surface area contributed by atoms with Gasteiger partial charge in [-0.25, -0.2) is 8.78 Å². The molecule has 0 aromatic heterocycles. The van der Waals surface area contributed by atoms with Crippen LogP contribution in [0.5, 0.6) is 0 Å². The van der Waals surface area contributed by atoms with Crippen molar-refractivity contribution in [3.8, 4) is 0 Å². The fraction of sp³-hybridized carbons (Fsp3) is 0.133. The highest BCUT2D eigenvalue weighted by molar-refractivity contribution is 7.86. The van der Waals surface area contributed by atoms with Crippen molar-refractivity contribution in [2.24, 2.45) is 0 Å². The van der Waals surface area contributed by atoms with E-state index in [0.717, 1.165) is 12.1 Å². The summed E-state index contributed by atoms with van der Waals surface area (Å²) in [6.45, 7) is 1.44. The maximum Gasteiger partial charge on any atom is 0.181 e. The standard InChI is InChI=1S/C15H11ClF2O2S/c1-9(21(20)12-5-2-10(16)3-6-12)15(19)13-7-4-11(17)8-14(13)18/h2-9H,1H3. The molecule has 2 rings (SSSR count). The average molecular weight is 329 g/mol. The minimum absolute atomic E-state index is 0.272. The average Bonchev–Trinajstić information content (AvgIpc) is 2.46. The van der Waals surface area contributed by atoms with E-state index in [1.165, 1.54) is 6.92 Å². The van der Waals surface area contributed by atoms with Crippen molar-refractivity contribution in [3.05, 3.63) is 64.7 Å². The molecular formula is C15H11ClF2O2S.